The molecule has 42 heavy (non-hydrogen) atoms. The maximum absolute atomic E-state index is 13.8. The first kappa shape index (κ1) is 31.4. The number of fused-ring (bicyclic) bond motifs is 1. The van der Waals surface area contributed by atoms with Crippen LogP contribution in [0.1, 0.15) is 54.4 Å². The average molecular weight is 593 g/mol. The van der Waals surface area contributed by atoms with Crippen LogP contribution in [-0.2, 0) is 22.6 Å². The van der Waals surface area contributed by atoms with Gasteiger partial charge in [0.05, 0.1) is 24.9 Å². The van der Waals surface area contributed by atoms with Crippen molar-refractivity contribution in [2.75, 3.05) is 24.6 Å². The molecule has 1 aromatic heterocycles. The highest BCUT2D eigenvalue weighted by atomic mass is 32.1. The minimum atomic E-state index is -0.910. The van der Waals surface area contributed by atoms with E-state index in [-0.39, 0.29) is 37.3 Å². The summed E-state index contributed by atoms with van der Waals surface area (Å²) in [6, 6.07) is 16.6. The fourth-order valence-corrected chi connectivity index (χ4v) is 5.99. The van der Waals surface area contributed by atoms with Crippen LogP contribution >= 0.6 is 11.3 Å². The largest absolute Gasteiger partial charge is 0.394 e. The van der Waals surface area contributed by atoms with E-state index in [1.807, 2.05) is 80.7 Å². The highest BCUT2D eigenvalue weighted by Crippen LogP contribution is 2.33. The number of benzene rings is 2. The van der Waals surface area contributed by atoms with Crippen molar-refractivity contribution in [3.05, 3.63) is 76.0 Å². The van der Waals surface area contributed by atoms with Gasteiger partial charge < -0.3 is 31.1 Å². The number of rotatable bonds is 12. The Labute approximate surface area is 251 Å². The van der Waals surface area contributed by atoms with Gasteiger partial charge in [-0.2, -0.15) is 0 Å². The fraction of sp³-hybridized carbons (Fsp3) is 0.406. The van der Waals surface area contributed by atoms with Crippen molar-refractivity contribution in [3.8, 4) is 11.1 Å². The number of thiophene rings is 1. The van der Waals surface area contributed by atoms with Crippen LogP contribution < -0.4 is 20.9 Å². The van der Waals surface area contributed by atoms with E-state index in [1.165, 1.54) is 0 Å². The zero-order valence-electron chi connectivity index (χ0n) is 24.4. The molecule has 0 bridgehead atoms. The van der Waals surface area contributed by atoms with E-state index in [4.69, 9.17) is 5.11 Å². The van der Waals surface area contributed by atoms with Gasteiger partial charge in [-0.05, 0) is 67.8 Å². The Balaban J connectivity index is 1.48. The lowest BCUT2D eigenvalue weighted by Gasteiger charge is -2.29. The van der Waals surface area contributed by atoms with Crippen molar-refractivity contribution in [1.29, 1.82) is 0 Å². The number of amides is 3. The van der Waals surface area contributed by atoms with Crippen molar-refractivity contribution < 1.29 is 24.6 Å². The van der Waals surface area contributed by atoms with Crippen LogP contribution in [0.5, 0.6) is 0 Å². The van der Waals surface area contributed by atoms with Crippen LogP contribution in [0, 0.1) is 0 Å². The van der Waals surface area contributed by atoms with Gasteiger partial charge in [-0.3, -0.25) is 14.4 Å². The first-order valence-corrected chi connectivity index (χ1v) is 15.2. The third kappa shape index (κ3) is 7.83. The molecule has 3 aromatic rings. The van der Waals surface area contributed by atoms with E-state index >= 15 is 0 Å². The average Bonchev–Trinajstić information content (AvgIpc) is 3.40. The summed E-state index contributed by atoms with van der Waals surface area (Å²) in [5, 5.41) is 29.6. The first-order chi connectivity index (χ1) is 20.1. The summed E-state index contributed by atoms with van der Waals surface area (Å²) in [4.78, 5) is 42.3. The molecule has 1 aliphatic rings. The molecule has 3 amide bonds. The molecule has 2 aromatic carbocycles. The number of aryl methyl sites for hydroxylation is 1. The first-order valence-electron chi connectivity index (χ1n) is 14.3. The van der Waals surface area contributed by atoms with E-state index in [2.05, 4.69) is 16.0 Å². The topological polar surface area (TPSA) is 131 Å². The zero-order valence-corrected chi connectivity index (χ0v) is 25.2. The van der Waals surface area contributed by atoms with Gasteiger partial charge in [0.2, 0.25) is 11.8 Å². The van der Waals surface area contributed by atoms with Crippen molar-refractivity contribution >= 4 is 34.7 Å². The summed E-state index contributed by atoms with van der Waals surface area (Å²) in [5.41, 5.74) is 3.52. The lowest BCUT2D eigenvalue weighted by molar-refractivity contribution is -0.128. The molecule has 0 saturated carbocycles. The van der Waals surface area contributed by atoms with Crippen LogP contribution in [0.2, 0.25) is 0 Å². The van der Waals surface area contributed by atoms with Gasteiger partial charge in [0.15, 0.2) is 0 Å². The molecule has 2 atom stereocenters. The normalized spacial score (nSPS) is 16.0. The summed E-state index contributed by atoms with van der Waals surface area (Å²) in [6.07, 6.45) is 0.379. The van der Waals surface area contributed by atoms with Crippen LogP contribution in [0.25, 0.3) is 11.1 Å². The Morgan fingerprint density at radius 3 is 2.57 bits per heavy atom. The Morgan fingerprint density at radius 2 is 1.86 bits per heavy atom. The Hall–Kier alpha value is -3.57. The van der Waals surface area contributed by atoms with E-state index in [0.29, 0.717) is 31.5 Å². The molecule has 5 N–H and O–H groups in total. The lowest BCUT2D eigenvalue weighted by Crippen LogP contribution is -2.51. The fourth-order valence-electron chi connectivity index (χ4n) is 5.09. The zero-order chi connectivity index (χ0) is 30.3. The summed E-state index contributed by atoms with van der Waals surface area (Å²) in [5.74, 6) is -0.537. The van der Waals surface area contributed by atoms with Gasteiger partial charge in [-0.1, -0.05) is 42.5 Å². The molecule has 4 rings (SSSR count). The van der Waals surface area contributed by atoms with Crippen LogP contribution in [-0.4, -0.2) is 65.3 Å². The van der Waals surface area contributed by atoms with Gasteiger partial charge in [0, 0.05) is 35.5 Å². The van der Waals surface area contributed by atoms with Crippen LogP contribution in [0.15, 0.2) is 60.0 Å². The van der Waals surface area contributed by atoms with Crippen LogP contribution in [0.3, 0.4) is 0 Å². The van der Waals surface area contributed by atoms with Crippen LogP contribution in [0.4, 0.5) is 5.69 Å². The molecule has 0 aliphatic carbocycles. The van der Waals surface area contributed by atoms with Gasteiger partial charge in [0.1, 0.15) is 6.04 Å². The van der Waals surface area contributed by atoms with E-state index in [0.717, 1.165) is 27.3 Å². The highest BCUT2D eigenvalue weighted by Gasteiger charge is 2.33. The summed E-state index contributed by atoms with van der Waals surface area (Å²) in [6.45, 7) is 6.26. The highest BCUT2D eigenvalue weighted by molar-refractivity contribution is 7.10. The Morgan fingerprint density at radius 1 is 1.12 bits per heavy atom. The standard InChI is InChI=1S/C32H40N4O5S/c1-4-33-30(40)25-8-6-5-7-24(25)22-11-9-21(10-12-22)19-36-27-15-16-42-28(27)14-13-26(31(36)41)35-29(39)17-32(2,3)34-18-23(38)20-37/h5-12,15-16,23,26,34,37-38H,4,13-14,17-20H2,1-3H3,(H,33,40)(H,35,39)/t23-,26+/m0/s1. The number of carbonyl (C=O) groups excluding carboxylic acids is 3. The van der Waals surface area contributed by atoms with Gasteiger partial charge in [-0.25, -0.2) is 0 Å². The Kier molecular flexibility index (Phi) is 10.5. The smallest absolute Gasteiger partial charge is 0.251 e. The quantitative estimate of drug-likeness (QED) is 0.220. The lowest BCUT2D eigenvalue weighted by atomic mass is 9.98. The number of aliphatic hydroxyl groups excluding tert-OH is 2. The predicted molar refractivity (Wildman–Crippen MR) is 165 cm³/mol. The van der Waals surface area contributed by atoms with E-state index in [9.17, 15) is 19.5 Å². The number of nitrogens with one attached hydrogen (secondary N) is 3. The molecule has 2 heterocycles. The molecule has 0 radical (unpaired) electrons. The van der Waals surface area contributed by atoms with E-state index in [1.54, 1.807) is 16.2 Å². The second-order valence-corrected chi connectivity index (χ2v) is 12.2. The SMILES string of the molecule is CCNC(=O)c1ccccc1-c1ccc(CN2C(=O)[C@H](NC(=O)CC(C)(C)NC[C@H](O)CO)CCc3sccc32)cc1. The molecule has 1 aliphatic heterocycles. The minimum Gasteiger partial charge on any atom is -0.394 e. The molecule has 0 fully saturated rings. The second-order valence-electron chi connectivity index (χ2n) is 11.2. The van der Waals surface area contributed by atoms with Gasteiger partial charge in [-0.15, -0.1) is 11.3 Å². The number of nitrogens with zero attached hydrogens (tertiary/aromatic N) is 1. The second kappa shape index (κ2) is 14.1. The molecule has 9 nitrogen and oxygen atoms in total. The third-order valence-corrected chi connectivity index (χ3v) is 8.29. The van der Waals surface area contributed by atoms with Crippen molar-refractivity contribution in [1.82, 2.24) is 16.0 Å². The number of aliphatic hydroxyl groups is 2. The molecule has 0 spiro atoms. The van der Waals surface area contributed by atoms with Crippen molar-refractivity contribution in [2.45, 2.75) is 64.3 Å². The number of anilines is 1. The number of β-amino-alcohol motifs (C(OH)–C–C–N with tert-alkyl or cyclic N) is 1. The van der Waals surface area contributed by atoms with Gasteiger partial charge >= 0.3 is 0 Å². The number of carbonyl (C=O) groups is 3. The molecule has 0 saturated heterocycles. The maximum Gasteiger partial charge on any atom is 0.251 e. The summed E-state index contributed by atoms with van der Waals surface area (Å²) < 4.78 is 0. The van der Waals surface area contributed by atoms with Crippen molar-refractivity contribution in [2.24, 2.45) is 0 Å². The molecule has 0 unspecified atom stereocenters. The monoisotopic (exact) mass is 592 g/mol. The molecular weight excluding hydrogens is 552 g/mol. The summed E-state index contributed by atoms with van der Waals surface area (Å²) >= 11 is 1.61. The Bertz CT molecular complexity index is 1390. The van der Waals surface area contributed by atoms with E-state index < -0.39 is 17.7 Å². The maximum atomic E-state index is 13.8. The summed E-state index contributed by atoms with van der Waals surface area (Å²) in [7, 11) is 0. The molecule has 10 heteroatoms. The third-order valence-electron chi connectivity index (χ3n) is 7.32. The predicted octanol–water partition coefficient (Wildman–Crippen LogP) is 3.24. The minimum absolute atomic E-state index is 0.107. The van der Waals surface area contributed by atoms with Gasteiger partial charge in [0.25, 0.3) is 5.91 Å². The molecular formula is C32H40N4O5S. The molecule has 224 valence electrons. The number of hydrogen-bond acceptors (Lipinski definition) is 7. The number of hydrogen-bond donors (Lipinski definition) is 5. The van der Waals surface area contributed by atoms with Crippen molar-refractivity contribution in [3.63, 3.8) is 0 Å².